The predicted molar refractivity (Wildman–Crippen MR) is 89.9 cm³/mol. The van der Waals surface area contributed by atoms with Crippen molar-refractivity contribution in [1.82, 2.24) is 10.2 Å². The van der Waals surface area contributed by atoms with Crippen molar-refractivity contribution in [2.45, 2.75) is 0 Å². The van der Waals surface area contributed by atoms with E-state index in [0.29, 0.717) is 6.61 Å². The highest BCUT2D eigenvalue weighted by Crippen LogP contribution is 2.28. The summed E-state index contributed by atoms with van der Waals surface area (Å²) < 4.78 is 11.9. The van der Waals surface area contributed by atoms with Crippen molar-refractivity contribution in [1.29, 1.82) is 0 Å². The van der Waals surface area contributed by atoms with Gasteiger partial charge in [-0.2, -0.15) is 0 Å². The van der Waals surface area contributed by atoms with Gasteiger partial charge in [-0.25, -0.2) is 0 Å². The van der Waals surface area contributed by atoms with E-state index in [9.17, 15) is 0 Å². The van der Waals surface area contributed by atoms with E-state index in [1.165, 1.54) is 5.57 Å². The smallest absolute Gasteiger partial charge is 0.127 e. The fourth-order valence-electron chi connectivity index (χ4n) is 2.18. The van der Waals surface area contributed by atoms with Crippen molar-refractivity contribution < 1.29 is 9.47 Å². The van der Waals surface area contributed by atoms with Crippen molar-refractivity contribution in [3.05, 3.63) is 33.8 Å². The summed E-state index contributed by atoms with van der Waals surface area (Å²) in [6, 6.07) is 6.10. The van der Waals surface area contributed by atoms with Crippen molar-refractivity contribution in [3.8, 4) is 5.75 Å². The van der Waals surface area contributed by atoms with Gasteiger partial charge in [0.1, 0.15) is 12.4 Å². The number of likely N-dealkylation sites (N-methyl/N-ethyl adjacent to an activating group) is 1. The van der Waals surface area contributed by atoms with Crippen LogP contribution in [0.2, 0.25) is 0 Å². The van der Waals surface area contributed by atoms with Gasteiger partial charge in [-0.05, 0) is 36.9 Å². The second kappa shape index (κ2) is 8.54. The van der Waals surface area contributed by atoms with Crippen LogP contribution in [-0.2, 0) is 4.74 Å². The van der Waals surface area contributed by atoms with E-state index in [4.69, 9.17) is 9.47 Å². The van der Waals surface area contributed by atoms with Crippen LogP contribution in [0.3, 0.4) is 0 Å². The Balaban J connectivity index is 1.74. The maximum atomic E-state index is 5.77. The lowest BCUT2D eigenvalue weighted by atomic mass is 10.1. The first kappa shape index (κ1) is 16.5. The molecule has 0 unspecified atom stereocenters. The highest BCUT2D eigenvalue weighted by Gasteiger charge is 2.11. The van der Waals surface area contributed by atoms with Crippen LogP contribution in [0.25, 0.3) is 6.08 Å². The molecule has 2 rings (SSSR count). The topological polar surface area (TPSA) is 33.7 Å². The van der Waals surface area contributed by atoms with Gasteiger partial charge < -0.3 is 19.7 Å². The summed E-state index contributed by atoms with van der Waals surface area (Å²) in [4.78, 5) is 2.26. The first-order chi connectivity index (χ1) is 10.2. The number of methoxy groups -OCH3 is 1. The van der Waals surface area contributed by atoms with Crippen molar-refractivity contribution >= 4 is 22.0 Å². The summed E-state index contributed by atoms with van der Waals surface area (Å²) in [5.41, 5.74) is 2.42. The van der Waals surface area contributed by atoms with E-state index in [1.807, 2.05) is 12.1 Å². The van der Waals surface area contributed by atoms with Gasteiger partial charge in [0.05, 0.1) is 6.61 Å². The zero-order chi connectivity index (χ0) is 15.1. The first-order valence-corrected chi connectivity index (χ1v) is 7.98. The standard InChI is InChI=1S/C16H23BrN2O2/c1-19(7-8-20-2)6-5-18-11-13-9-14-10-15(17)3-4-16(14)21-12-13/h3-4,9-10,18H,5-8,11-12H2,1-2H3. The maximum Gasteiger partial charge on any atom is 0.127 e. The molecular formula is C16H23BrN2O2. The van der Waals surface area contributed by atoms with Gasteiger partial charge in [0.2, 0.25) is 0 Å². The molecule has 0 amide bonds. The molecule has 0 spiro atoms. The van der Waals surface area contributed by atoms with Crippen LogP contribution < -0.4 is 10.1 Å². The van der Waals surface area contributed by atoms with Crippen LogP contribution in [-0.4, -0.2) is 58.5 Å². The average Bonchev–Trinajstić information content (AvgIpc) is 2.49. The van der Waals surface area contributed by atoms with Crippen molar-refractivity contribution in [2.75, 3.05) is 53.6 Å². The molecule has 0 saturated heterocycles. The molecule has 0 aliphatic carbocycles. The molecule has 0 aromatic heterocycles. The monoisotopic (exact) mass is 354 g/mol. The number of nitrogens with one attached hydrogen (secondary N) is 1. The van der Waals surface area contributed by atoms with E-state index >= 15 is 0 Å². The lowest BCUT2D eigenvalue weighted by Crippen LogP contribution is -2.32. The highest BCUT2D eigenvalue weighted by atomic mass is 79.9. The predicted octanol–water partition coefficient (Wildman–Crippen LogP) is 2.39. The lowest BCUT2D eigenvalue weighted by Gasteiger charge is -2.20. The zero-order valence-corrected chi connectivity index (χ0v) is 14.3. The molecule has 0 saturated carbocycles. The summed E-state index contributed by atoms with van der Waals surface area (Å²) >= 11 is 3.49. The Morgan fingerprint density at radius 1 is 1.38 bits per heavy atom. The fourth-order valence-corrected chi connectivity index (χ4v) is 2.55. The zero-order valence-electron chi connectivity index (χ0n) is 12.7. The number of nitrogens with zero attached hydrogens (tertiary/aromatic N) is 1. The molecule has 0 fully saturated rings. The summed E-state index contributed by atoms with van der Waals surface area (Å²) in [6.45, 7) is 5.25. The quantitative estimate of drug-likeness (QED) is 0.726. The number of benzene rings is 1. The third-order valence-corrected chi connectivity index (χ3v) is 3.94. The number of ether oxygens (including phenoxy) is 2. The van der Waals surface area contributed by atoms with E-state index in [-0.39, 0.29) is 0 Å². The summed E-state index contributed by atoms with van der Waals surface area (Å²) in [5, 5.41) is 3.47. The number of halogens is 1. The minimum Gasteiger partial charge on any atom is -0.489 e. The molecule has 1 aliphatic rings. The summed E-state index contributed by atoms with van der Waals surface area (Å²) in [6.07, 6.45) is 2.21. The Bertz CT molecular complexity index is 491. The SMILES string of the molecule is COCCN(C)CCNCC1=Cc2cc(Br)ccc2OC1. The molecule has 5 heteroatoms. The maximum absolute atomic E-state index is 5.77. The molecule has 0 radical (unpaired) electrons. The summed E-state index contributed by atoms with van der Waals surface area (Å²) in [7, 11) is 3.84. The second-order valence-corrected chi connectivity index (χ2v) is 6.16. The van der Waals surface area contributed by atoms with Gasteiger partial charge in [0.15, 0.2) is 0 Å². The summed E-state index contributed by atoms with van der Waals surface area (Å²) in [5.74, 6) is 0.959. The Morgan fingerprint density at radius 2 is 2.24 bits per heavy atom. The van der Waals surface area contributed by atoms with E-state index in [0.717, 1.165) is 48.6 Å². The van der Waals surface area contributed by atoms with E-state index in [1.54, 1.807) is 7.11 Å². The molecule has 1 aromatic rings. The fraction of sp³-hybridized carbons (Fsp3) is 0.500. The van der Waals surface area contributed by atoms with Crippen LogP contribution in [0, 0.1) is 0 Å². The Morgan fingerprint density at radius 3 is 3.05 bits per heavy atom. The number of fused-ring (bicyclic) bond motifs is 1. The van der Waals surface area contributed by atoms with Crippen LogP contribution in [0.4, 0.5) is 0 Å². The normalized spacial score (nSPS) is 13.8. The number of hydrogen-bond acceptors (Lipinski definition) is 4. The Labute approximate surface area is 135 Å². The molecule has 4 nitrogen and oxygen atoms in total. The average molecular weight is 355 g/mol. The molecule has 1 aromatic carbocycles. The molecule has 116 valence electrons. The Kier molecular flexibility index (Phi) is 6.70. The van der Waals surface area contributed by atoms with Crippen LogP contribution in [0.5, 0.6) is 5.75 Å². The number of rotatable bonds is 8. The van der Waals surface area contributed by atoms with Crippen LogP contribution in [0.1, 0.15) is 5.56 Å². The molecule has 1 heterocycles. The minimum atomic E-state index is 0.668. The largest absolute Gasteiger partial charge is 0.489 e. The third-order valence-electron chi connectivity index (χ3n) is 3.44. The molecular weight excluding hydrogens is 332 g/mol. The van der Waals surface area contributed by atoms with Gasteiger partial charge in [-0.15, -0.1) is 0 Å². The van der Waals surface area contributed by atoms with E-state index < -0.39 is 0 Å². The van der Waals surface area contributed by atoms with Gasteiger partial charge >= 0.3 is 0 Å². The van der Waals surface area contributed by atoms with Crippen LogP contribution in [0.15, 0.2) is 28.2 Å². The van der Waals surface area contributed by atoms with Crippen molar-refractivity contribution in [3.63, 3.8) is 0 Å². The highest BCUT2D eigenvalue weighted by molar-refractivity contribution is 9.10. The molecule has 21 heavy (non-hydrogen) atoms. The van der Waals surface area contributed by atoms with E-state index in [2.05, 4.69) is 45.3 Å². The van der Waals surface area contributed by atoms with Gasteiger partial charge in [-0.1, -0.05) is 15.9 Å². The first-order valence-electron chi connectivity index (χ1n) is 7.19. The molecule has 0 bridgehead atoms. The van der Waals surface area contributed by atoms with Gasteiger partial charge in [-0.3, -0.25) is 0 Å². The third kappa shape index (κ3) is 5.43. The lowest BCUT2D eigenvalue weighted by molar-refractivity contribution is 0.161. The Hall–Kier alpha value is -0.880. The molecule has 1 aliphatic heterocycles. The number of hydrogen-bond donors (Lipinski definition) is 1. The van der Waals surface area contributed by atoms with Gasteiger partial charge in [0, 0.05) is 43.3 Å². The minimum absolute atomic E-state index is 0.668. The van der Waals surface area contributed by atoms with Crippen molar-refractivity contribution in [2.24, 2.45) is 0 Å². The molecule has 1 N–H and O–H groups in total. The molecule has 0 atom stereocenters. The second-order valence-electron chi connectivity index (χ2n) is 5.25. The van der Waals surface area contributed by atoms with Gasteiger partial charge in [0.25, 0.3) is 0 Å². The van der Waals surface area contributed by atoms with Crippen LogP contribution >= 0.6 is 15.9 Å².